The lowest BCUT2D eigenvalue weighted by Crippen LogP contribution is -2.22. The van der Waals surface area contributed by atoms with Crippen molar-refractivity contribution in [1.82, 2.24) is 0 Å². The van der Waals surface area contributed by atoms with E-state index >= 15 is 0 Å². The van der Waals surface area contributed by atoms with Crippen molar-refractivity contribution in [3.8, 4) is 0 Å². The van der Waals surface area contributed by atoms with Crippen molar-refractivity contribution in [2.45, 2.75) is 25.7 Å². The van der Waals surface area contributed by atoms with Gasteiger partial charge in [0.1, 0.15) is 0 Å². The van der Waals surface area contributed by atoms with Crippen LogP contribution in [-0.2, 0) is 0 Å². The molecule has 1 aliphatic rings. The molecule has 62 valence electrons. The molecule has 1 rings (SSSR count). The van der Waals surface area contributed by atoms with E-state index in [1.807, 2.05) is 6.08 Å². The van der Waals surface area contributed by atoms with Gasteiger partial charge in [-0.15, -0.1) is 6.58 Å². The third-order valence-corrected chi connectivity index (χ3v) is 3.61. The molecule has 1 aliphatic carbocycles. The van der Waals surface area contributed by atoms with Crippen LogP contribution in [0.2, 0.25) is 0 Å². The number of rotatable bonds is 3. The average Bonchev–Trinajstić information content (AvgIpc) is 2.07. The van der Waals surface area contributed by atoms with Gasteiger partial charge < -0.3 is 0 Å². The van der Waals surface area contributed by atoms with Crippen LogP contribution in [0.1, 0.15) is 25.7 Å². The topological polar surface area (TPSA) is 0 Å². The Bertz CT molecular complexity index is 160. The first kappa shape index (κ1) is 9.05. The van der Waals surface area contributed by atoms with Gasteiger partial charge in [0.05, 0.1) is 0 Å². The minimum atomic E-state index is 0.483. The zero-order valence-corrected chi connectivity index (χ0v) is 8.44. The molecule has 1 heteroatoms. The van der Waals surface area contributed by atoms with E-state index in [2.05, 4.69) is 34.7 Å². The Hall–Kier alpha value is -0.0400. The van der Waals surface area contributed by atoms with Gasteiger partial charge in [0.25, 0.3) is 0 Å². The van der Waals surface area contributed by atoms with Crippen molar-refractivity contribution in [2.75, 3.05) is 5.33 Å². The second-order valence-electron chi connectivity index (χ2n) is 3.34. The molecule has 0 saturated carbocycles. The van der Waals surface area contributed by atoms with Crippen molar-refractivity contribution in [3.63, 3.8) is 0 Å². The summed E-state index contributed by atoms with van der Waals surface area (Å²) in [5, 5.41) is 1.11. The fourth-order valence-corrected chi connectivity index (χ4v) is 2.35. The summed E-state index contributed by atoms with van der Waals surface area (Å²) < 4.78 is 0. The highest BCUT2D eigenvalue weighted by atomic mass is 79.9. The highest BCUT2D eigenvalue weighted by Gasteiger charge is 2.26. The fraction of sp³-hybridized carbons (Fsp3) is 0.600. The van der Waals surface area contributed by atoms with Gasteiger partial charge in [-0.05, 0) is 31.1 Å². The third kappa shape index (κ3) is 2.19. The van der Waals surface area contributed by atoms with E-state index in [4.69, 9.17) is 0 Å². The SMILES string of the molecule is C=CCC1(CBr)CC=CCC1. The van der Waals surface area contributed by atoms with Crippen LogP contribution in [0, 0.1) is 5.41 Å². The molecule has 0 saturated heterocycles. The molecule has 0 aromatic carbocycles. The predicted octanol–water partition coefficient (Wildman–Crippen LogP) is 3.68. The summed E-state index contributed by atoms with van der Waals surface area (Å²) in [4.78, 5) is 0. The first-order valence-electron chi connectivity index (χ1n) is 4.15. The van der Waals surface area contributed by atoms with Crippen LogP contribution in [0.4, 0.5) is 0 Å². The van der Waals surface area contributed by atoms with Gasteiger partial charge in [0, 0.05) is 5.33 Å². The van der Waals surface area contributed by atoms with Crippen molar-refractivity contribution in [2.24, 2.45) is 5.41 Å². The molecule has 1 unspecified atom stereocenters. The first-order chi connectivity index (χ1) is 5.33. The molecule has 0 aromatic heterocycles. The van der Waals surface area contributed by atoms with Gasteiger partial charge >= 0.3 is 0 Å². The zero-order chi connectivity index (χ0) is 8.16. The van der Waals surface area contributed by atoms with Crippen molar-refractivity contribution >= 4 is 15.9 Å². The summed E-state index contributed by atoms with van der Waals surface area (Å²) in [7, 11) is 0. The minimum Gasteiger partial charge on any atom is -0.103 e. The summed E-state index contributed by atoms with van der Waals surface area (Å²) in [6, 6.07) is 0. The van der Waals surface area contributed by atoms with Gasteiger partial charge in [-0.1, -0.05) is 34.2 Å². The molecule has 0 bridgehead atoms. The maximum atomic E-state index is 3.80. The fourth-order valence-electron chi connectivity index (χ4n) is 1.61. The van der Waals surface area contributed by atoms with Crippen LogP contribution in [0.15, 0.2) is 24.8 Å². The summed E-state index contributed by atoms with van der Waals surface area (Å²) in [5.41, 5.74) is 0.483. The molecule has 0 spiro atoms. The monoisotopic (exact) mass is 214 g/mol. The summed E-state index contributed by atoms with van der Waals surface area (Å²) in [6.07, 6.45) is 11.5. The molecule has 0 fully saturated rings. The normalized spacial score (nSPS) is 30.3. The van der Waals surface area contributed by atoms with Crippen LogP contribution < -0.4 is 0 Å². The van der Waals surface area contributed by atoms with Crippen molar-refractivity contribution < 1.29 is 0 Å². The summed E-state index contributed by atoms with van der Waals surface area (Å²) in [6.45, 7) is 3.80. The van der Waals surface area contributed by atoms with Crippen molar-refractivity contribution in [3.05, 3.63) is 24.8 Å². The highest BCUT2D eigenvalue weighted by molar-refractivity contribution is 9.09. The van der Waals surface area contributed by atoms with Crippen molar-refractivity contribution in [1.29, 1.82) is 0 Å². The number of halogens is 1. The molecule has 0 amide bonds. The van der Waals surface area contributed by atoms with E-state index in [-0.39, 0.29) is 0 Å². The largest absolute Gasteiger partial charge is 0.103 e. The van der Waals surface area contributed by atoms with Gasteiger partial charge in [-0.3, -0.25) is 0 Å². The number of allylic oxidation sites excluding steroid dienone is 3. The average molecular weight is 215 g/mol. The smallest absolute Gasteiger partial charge is 0.00940 e. The van der Waals surface area contributed by atoms with E-state index < -0.39 is 0 Å². The van der Waals surface area contributed by atoms with Crippen LogP contribution in [0.5, 0.6) is 0 Å². The Balaban J connectivity index is 2.58. The third-order valence-electron chi connectivity index (χ3n) is 2.42. The lowest BCUT2D eigenvalue weighted by atomic mass is 9.76. The Morgan fingerprint density at radius 3 is 2.82 bits per heavy atom. The summed E-state index contributed by atoms with van der Waals surface area (Å²) >= 11 is 3.59. The van der Waals surface area contributed by atoms with E-state index in [1.165, 1.54) is 19.3 Å². The van der Waals surface area contributed by atoms with Gasteiger partial charge in [0.2, 0.25) is 0 Å². The minimum absolute atomic E-state index is 0.483. The molecule has 0 nitrogen and oxygen atoms in total. The molecular weight excluding hydrogens is 200 g/mol. The Morgan fingerprint density at radius 1 is 1.55 bits per heavy atom. The maximum Gasteiger partial charge on any atom is 0.00940 e. The lowest BCUT2D eigenvalue weighted by Gasteiger charge is -2.31. The summed E-state index contributed by atoms with van der Waals surface area (Å²) in [5.74, 6) is 0. The number of hydrogen-bond acceptors (Lipinski definition) is 0. The lowest BCUT2D eigenvalue weighted by molar-refractivity contribution is 0.307. The van der Waals surface area contributed by atoms with E-state index in [1.54, 1.807) is 0 Å². The molecule has 1 atom stereocenters. The number of alkyl halides is 1. The standard InChI is InChI=1S/C10H15Br/c1-2-6-10(9-11)7-4-3-5-8-10/h2-4H,1,5-9H2. The Labute approximate surface area is 77.5 Å². The number of hydrogen-bond donors (Lipinski definition) is 0. The Kier molecular flexibility index (Phi) is 3.38. The van der Waals surface area contributed by atoms with Gasteiger partial charge in [0.15, 0.2) is 0 Å². The zero-order valence-electron chi connectivity index (χ0n) is 6.85. The molecule has 0 radical (unpaired) electrons. The molecule has 0 heterocycles. The Morgan fingerprint density at radius 2 is 2.36 bits per heavy atom. The second-order valence-corrected chi connectivity index (χ2v) is 3.90. The quantitative estimate of drug-likeness (QED) is 0.497. The maximum absolute atomic E-state index is 3.80. The second kappa shape index (κ2) is 4.10. The first-order valence-corrected chi connectivity index (χ1v) is 5.27. The molecule has 0 aliphatic heterocycles. The van der Waals surface area contributed by atoms with Gasteiger partial charge in [-0.25, -0.2) is 0 Å². The predicted molar refractivity (Wildman–Crippen MR) is 54.0 cm³/mol. The molecule has 11 heavy (non-hydrogen) atoms. The van der Waals surface area contributed by atoms with E-state index in [0.717, 1.165) is 11.8 Å². The molecule has 0 N–H and O–H groups in total. The van der Waals surface area contributed by atoms with Gasteiger partial charge in [-0.2, -0.15) is 0 Å². The van der Waals surface area contributed by atoms with Crippen LogP contribution in [0.3, 0.4) is 0 Å². The molecule has 0 aromatic rings. The highest BCUT2D eigenvalue weighted by Crippen LogP contribution is 2.37. The van der Waals surface area contributed by atoms with Crippen LogP contribution in [0.25, 0.3) is 0 Å². The van der Waals surface area contributed by atoms with Crippen LogP contribution in [-0.4, -0.2) is 5.33 Å². The van der Waals surface area contributed by atoms with E-state index in [0.29, 0.717) is 5.41 Å². The van der Waals surface area contributed by atoms with E-state index in [9.17, 15) is 0 Å². The van der Waals surface area contributed by atoms with Crippen LogP contribution >= 0.6 is 15.9 Å². The molecular formula is C10H15Br.